The van der Waals surface area contributed by atoms with Crippen LogP contribution in [0.15, 0.2) is 11.6 Å². The highest BCUT2D eigenvalue weighted by Crippen LogP contribution is 2.13. The molecule has 0 saturated carbocycles. The highest BCUT2D eigenvalue weighted by Gasteiger charge is 2.02. The predicted molar refractivity (Wildman–Crippen MR) is 70.9 cm³/mol. The molecule has 0 aromatic rings. The Morgan fingerprint density at radius 1 is 0.941 bits per heavy atom. The van der Waals surface area contributed by atoms with Crippen molar-refractivity contribution < 1.29 is 9.53 Å². The molecule has 0 aromatic heterocycles. The van der Waals surface area contributed by atoms with E-state index in [1.165, 1.54) is 37.7 Å². The smallest absolute Gasteiger partial charge is 0.305 e. The maximum Gasteiger partial charge on any atom is 0.305 e. The van der Waals surface area contributed by atoms with Gasteiger partial charge in [0.1, 0.15) is 0 Å². The molecule has 17 heavy (non-hydrogen) atoms. The number of hydrogen-bond donors (Lipinski definition) is 0. The number of cyclic esters (lactones) is 1. The van der Waals surface area contributed by atoms with Gasteiger partial charge < -0.3 is 4.74 Å². The van der Waals surface area contributed by atoms with Gasteiger partial charge in [-0.25, -0.2) is 0 Å². The molecule has 1 aliphatic rings. The lowest BCUT2D eigenvalue weighted by Gasteiger charge is -2.04. The minimum Gasteiger partial charge on any atom is -0.466 e. The minimum absolute atomic E-state index is 0.0134. The summed E-state index contributed by atoms with van der Waals surface area (Å²) in [6, 6.07) is 0. The summed E-state index contributed by atoms with van der Waals surface area (Å²) in [5.74, 6) is -0.0134. The Labute approximate surface area is 105 Å². The van der Waals surface area contributed by atoms with Crippen LogP contribution in [0.3, 0.4) is 0 Å². The summed E-state index contributed by atoms with van der Waals surface area (Å²) >= 11 is 0. The van der Waals surface area contributed by atoms with E-state index in [0.29, 0.717) is 13.0 Å². The fraction of sp³-hybridized carbons (Fsp3) is 0.800. The normalized spacial score (nSPS) is 25.0. The number of hydrogen-bond acceptors (Lipinski definition) is 2. The molecule has 0 fully saturated rings. The summed E-state index contributed by atoms with van der Waals surface area (Å²) in [5, 5.41) is 0. The second kappa shape index (κ2) is 9.26. The van der Waals surface area contributed by atoms with Crippen LogP contribution in [0.4, 0.5) is 0 Å². The Bertz CT molecular complexity index is 243. The average molecular weight is 238 g/mol. The van der Waals surface area contributed by atoms with Crippen LogP contribution in [0.1, 0.15) is 71.1 Å². The number of rotatable bonds is 0. The molecule has 98 valence electrons. The van der Waals surface area contributed by atoms with Crippen molar-refractivity contribution in [3.63, 3.8) is 0 Å². The third-order valence-corrected chi connectivity index (χ3v) is 3.31. The van der Waals surface area contributed by atoms with Crippen molar-refractivity contribution in [1.82, 2.24) is 0 Å². The fourth-order valence-corrected chi connectivity index (χ4v) is 2.16. The van der Waals surface area contributed by atoms with Gasteiger partial charge in [-0.15, -0.1) is 0 Å². The van der Waals surface area contributed by atoms with E-state index in [9.17, 15) is 4.79 Å². The third kappa shape index (κ3) is 8.00. The van der Waals surface area contributed by atoms with Gasteiger partial charge in [0.15, 0.2) is 0 Å². The summed E-state index contributed by atoms with van der Waals surface area (Å²) in [5.41, 5.74) is 1.52. The van der Waals surface area contributed by atoms with Crippen molar-refractivity contribution in [2.45, 2.75) is 71.1 Å². The van der Waals surface area contributed by atoms with E-state index in [1.807, 2.05) is 0 Å². The van der Waals surface area contributed by atoms with Crippen molar-refractivity contribution in [2.24, 2.45) is 0 Å². The summed E-state index contributed by atoms with van der Waals surface area (Å²) in [6.45, 7) is 2.85. The molecule has 1 aliphatic heterocycles. The minimum atomic E-state index is -0.0134. The molecule has 0 N–H and O–H groups in total. The summed E-state index contributed by atoms with van der Waals surface area (Å²) < 4.78 is 5.18. The molecule has 0 unspecified atom stereocenters. The first-order chi connectivity index (χ1) is 8.29. The Balaban J connectivity index is 2.29. The molecule has 0 spiro atoms. The van der Waals surface area contributed by atoms with Gasteiger partial charge in [0.25, 0.3) is 0 Å². The van der Waals surface area contributed by atoms with Gasteiger partial charge in [0.2, 0.25) is 0 Å². The molecule has 1 rings (SSSR count). The standard InChI is InChI=1S/C15H26O2/c1-14-10-6-3-2-4-9-13-17-15(16)12-8-5-7-11-14/h11H,2-10,12-13H2,1H3/b14-11+. The Morgan fingerprint density at radius 2 is 1.65 bits per heavy atom. The van der Waals surface area contributed by atoms with Crippen LogP contribution in [0.2, 0.25) is 0 Å². The Kier molecular flexibility index (Phi) is 7.78. The van der Waals surface area contributed by atoms with Gasteiger partial charge in [-0.1, -0.05) is 30.9 Å². The second-order valence-electron chi connectivity index (χ2n) is 5.03. The maximum absolute atomic E-state index is 11.3. The molecule has 0 atom stereocenters. The van der Waals surface area contributed by atoms with E-state index in [-0.39, 0.29) is 5.97 Å². The summed E-state index contributed by atoms with van der Waals surface area (Å²) in [4.78, 5) is 11.3. The Hall–Kier alpha value is -0.790. The maximum atomic E-state index is 11.3. The fourth-order valence-electron chi connectivity index (χ4n) is 2.16. The van der Waals surface area contributed by atoms with Crippen molar-refractivity contribution >= 4 is 5.97 Å². The quantitative estimate of drug-likeness (QED) is 0.462. The van der Waals surface area contributed by atoms with Crippen molar-refractivity contribution in [1.29, 1.82) is 0 Å². The Morgan fingerprint density at radius 3 is 2.53 bits per heavy atom. The first-order valence-electron chi connectivity index (χ1n) is 7.10. The van der Waals surface area contributed by atoms with Gasteiger partial charge in [0, 0.05) is 6.42 Å². The van der Waals surface area contributed by atoms with Gasteiger partial charge in [-0.2, -0.15) is 0 Å². The number of carbonyl (C=O) groups is 1. The molecule has 0 bridgehead atoms. The van der Waals surface area contributed by atoms with Crippen LogP contribution in [-0.2, 0) is 9.53 Å². The van der Waals surface area contributed by atoms with E-state index in [0.717, 1.165) is 25.7 Å². The molecule has 0 radical (unpaired) electrons. The molecule has 2 nitrogen and oxygen atoms in total. The average Bonchev–Trinajstić information content (AvgIpc) is 2.31. The lowest BCUT2D eigenvalue weighted by Crippen LogP contribution is -2.05. The molecule has 2 heteroatoms. The number of allylic oxidation sites excluding steroid dienone is 2. The van der Waals surface area contributed by atoms with Gasteiger partial charge in [0.05, 0.1) is 6.61 Å². The van der Waals surface area contributed by atoms with E-state index >= 15 is 0 Å². The van der Waals surface area contributed by atoms with Gasteiger partial charge >= 0.3 is 5.97 Å². The highest BCUT2D eigenvalue weighted by atomic mass is 16.5. The third-order valence-electron chi connectivity index (χ3n) is 3.31. The van der Waals surface area contributed by atoms with Crippen molar-refractivity contribution in [3.05, 3.63) is 11.6 Å². The lowest BCUT2D eigenvalue weighted by atomic mass is 10.1. The summed E-state index contributed by atoms with van der Waals surface area (Å²) in [6.07, 6.45) is 13.4. The second-order valence-corrected chi connectivity index (χ2v) is 5.03. The number of carbonyl (C=O) groups excluding carboxylic acids is 1. The predicted octanol–water partition coefficient (Wildman–Crippen LogP) is 4.39. The van der Waals surface area contributed by atoms with Crippen LogP contribution in [0, 0.1) is 0 Å². The van der Waals surface area contributed by atoms with E-state index in [4.69, 9.17) is 4.74 Å². The molecular weight excluding hydrogens is 212 g/mol. The first-order valence-corrected chi connectivity index (χ1v) is 7.10. The molecule has 1 heterocycles. The molecule has 0 amide bonds. The summed E-state index contributed by atoms with van der Waals surface area (Å²) in [7, 11) is 0. The zero-order chi connectivity index (χ0) is 12.3. The van der Waals surface area contributed by atoms with Crippen molar-refractivity contribution in [2.75, 3.05) is 6.61 Å². The van der Waals surface area contributed by atoms with Crippen LogP contribution in [-0.4, -0.2) is 12.6 Å². The van der Waals surface area contributed by atoms with E-state index in [2.05, 4.69) is 13.0 Å². The monoisotopic (exact) mass is 238 g/mol. The number of ether oxygens (including phenoxy) is 1. The van der Waals surface area contributed by atoms with Crippen molar-refractivity contribution in [3.8, 4) is 0 Å². The van der Waals surface area contributed by atoms with E-state index in [1.54, 1.807) is 0 Å². The zero-order valence-electron chi connectivity index (χ0n) is 11.2. The molecule has 0 aliphatic carbocycles. The topological polar surface area (TPSA) is 26.3 Å². The molecule has 0 saturated heterocycles. The largest absolute Gasteiger partial charge is 0.466 e. The lowest BCUT2D eigenvalue weighted by molar-refractivity contribution is -0.143. The highest BCUT2D eigenvalue weighted by molar-refractivity contribution is 5.69. The van der Waals surface area contributed by atoms with Crippen LogP contribution < -0.4 is 0 Å². The molecular formula is C15H26O2. The van der Waals surface area contributed by atoms with Gasteiger partial charge in [-0.3, -0.25) is 4.79 Å². The first kappa shape index (κ1) is 14.3. The van der Waals surface area contributed by atoms with Crippen LogP contribution in [0.25, 0.3) is 0 Å². The zero-order valence-corrected chi connectivity index (χ0v) is 11.2. The van der Waals surface area contributed by atoms with Crippen LogP contribution >= 0.6 is 0 Å². The SMILES string of the molecule is C/C1=C\CCCCC(=O)OCCCCCCC1. The van der Waals surface area contributed by atoms with E-state index < -0.39 is 0 Å². The van der Waals surface area contributed by atoms with Gasteiger partial charge in [-0.05, 0) is 45.4 Å². The molecule has 0 aromatic carbocycles. The number of esters is 1. The van der Waals surface area contributed by atoms with Crippen LogP contribution in [0.5, 0.6) is 0 Å².